The number of hydrogen-bond donors (Lipinski definition) is 0. The summed E-state index contributed by atoms with van der Waals surface area (Å²) in [5.41, 5.74) is 1.72. The van der Waals surface area contributed by atoms with Gasteiger partial charge in [-0.3, -0.25) is 4.98 Å². The SMILES string of the molecule is CC1CN(c2ncc3ncccc3n2)CCO1. The molecule has 0 spiro atoms. The monoisotopic (exact) mass is 230 g/mol. The van der Waals surface area contributed by atoms with Gasteiger partial charge in [0, 0.05) is 19.3 Å². The Morgan fingerprint density at radius 2 is 2.29 bits per heavy atom. The lowest BCUT2D eigenvalue weighted by molar-refractivity contribution is 0.0526. The Kier molecular flexibility index (Phi) is 2.60. The second kappa shape index (κ2) is 4.25. The molecule has 0 amide bonds. The van der Waals surface area contributed by atoms with E-state index >= 15 is 0 Å². The molecule has 0 aliphatic carbocycles. The van der Waals surface area contributed by atoms with Crippen molar-refractivity contribution in [2.75, 3.05) is 24.6 Å². The molecular weight excluding hydrogens is 216 g/mol. The molecule has 5 heteroatoms. The number of anilines is 1. The molecule has 3 rings (SSSR count). The summed E-state index contributed by atoms with van der Waals surface area (Å²) in [6.45, 7) is 4.48. The molecule has 2 aromatic heterocycles. The smallest absolute Gasteiger partial charge is 0.226 e. The lowest BCUT2D eigenvalue weighted by Crippen LogP contribution is -2.41. The fourth-order valence-corrected chi connectivity index (χ4v) is 2.01. The molecule has 2 aromatic rings. The predicted molar refractivity (Wildman–Crippen MR) is 65.0 cm³/mol. The van der Waals surface area contributed by atoms with Crippen molar-refractivity contribution in [2.45, 2.75) is 13.0 Å². The van der Waals surface area contributed by atoms with E-state index in [2.05, 4.69) is 26.8 Å². The van der Waals surface area contributed by atoms with Gasteiger partial charge in [0.2, 0.25) is 5.95 Å². The lowest BCUT2D eigenvalue weighted by Gasteiger charge is -2.31. The quantitative estimate of drug-likeness (QED) is 0.738. The minimum absolute atomic E-state index is 0.233. The first kappa shape index (κ1) is 10.4. The fourth-order valence-electron chi connectivity index (χ4n) is 2.01. The first-order valence-corrected chi connectivity index (χ1v) is 5.77. The van der Waals surface area contributed by atoms with Crippen molar-refractivity contribution in [3.63, 3.8) is 0 Å². The molecule has 17 heavy (non-hydrogen) atoms. The maximum absolute atomic E-state index is 5.51. The first-order valence-electron chi connectivity index (χ1n) is 5.77. The van der Waals surface area contributed by atoms with Crippen molar-refractivity contribution in [1.82, 2.24) is 15.0 Å². The summed E-state index contributed by atoms with van der Waals surface area (Å²) in [7, 11) is 0. The highest BCUT2D eigenvalue weighted by atomic mass is 16.5. The number of aromatic nitrogens is 3. The van der Waals surface area contributed by atoms with Crippen LogP contribution in [0.25, 0.3) is 11.0 Å². The molecule has 5 nitrogen and oxygen atoms in total. The molecule has 1 fully saturated rings. The Morgan fingerprint density at radius 3 is 3.18 bits per heavy atom. The molecule has 3 heterocycles. The maximum Gasteiger partial charge on any atom is 0.226 e. The van der Waals surface area contributed by atoms with Gasteiger partial charge >= 0.3 is 0 Å². The normalized spacial score (nSPS) is 20.8. The van der Waals surface area contributed by atoms with Crippen molar-refractivity contribution in [3.8, 4) is 0 Å². The molecular formula is C12H14N4O. The van der Waals surface area contributed by atoms with Gasteiger partial charge in [-0.15, -0.1) is 0 Å². The van der Waals surface area contributed by atoms with Gasteiger partial charge in [-0.05, 0) is 19.1 Å². The van der Waals surface area contributed by atoms with Crippen LogP contribution in [0.4, 0.5) is 5.95 Å². The molecule has 88 valence electrons. The Labute approximate surface area is 99.5 Å². The number of fused-ring (bicyclic) bond motifs is 1. The number of morpholine rings is 1. The average Bonchev–Trinajstić information content (AvgIpc) is 2.38. The van der Waals surface area contributed by atoms with Crippen LogP contribution in [0.5, 0.6) is 0 Å². The van der Waals surface area contributed by atoms with Gasteiger partial charge in [-0.25, -0.2) is 9.97 Å². The van der Waals surface area contributed by atoms with Crippen LogP contribution in [0.2, 0.25) is 0 Å². The highest BCUT2D eigenvalue weighted by molar-refractivity contribution is 5.73. The second-order valence-electron chi connectivity index (χ2n) is 4.21. The van der Waals surface area contributed by atoms with Crippen LogP contribution in [0.15, 0.2) is 24.5 Å². The number of ether oxygens (including phenoxy) is 1. The van der Waals surface area contributed by atoms with Crippen LogP contribution in [-0.2, 0) is 4.74 Å². The third kappa shape index (κ3) is 2.06. The van der Waals surface area contributed by atoms with Gasteiger partial charge in [0.05, 0.1) is 24.4 Å². The van der Waals surface area contributed by atoms with E-state index in [1.807, 2.05) is 12.1 Å². The van der Waals surface area contributed by atoms with Crippen molar-refractivity contribution in [3.05, 3.63) is 24.5 Å². The predicted octanol–water partition coefficient (Wildman–Crippen LogP) is 1.25. The molecule has 1 unspecified atom stereocenters. The molecule has 0 bridgehead atoms. The van der Waals surface area contributed by atoms with Gasteiger partial charge in [0.25, 0.3) is 0 Å². The molecule has 1 saturated heterocycles. The van der Waals surface area contributed by atoms with Crippen LogP contribution in [-0.4, -0.2) is 40.8 Å². The van der Waals surface area contributed by atoms with Gasteiger partial charge in [-0.2, -0.15) is 0 Å². The Morgan fingerprint density at radius 1 is 1.35 bits per heavy atom. The van der Waals surface area contributed by atoms with Crippen LogP contribution in [0, 0.1) is 0 Å². The van der Waals surface area contributed by atoms with E-state index in [-0.39, 0.29) is 6.10 Å². The van der Waals surface area contributed by atoms with Crippen LogP contribution >= 0.6 is 0 Å². The zero-order chi connectivity index (χ0) is 11.7. The topological polar surface area (TPSA) is 51.1 Å². The second-order valence-corrected chi connectivity index (χ2v) is 4.21. The van der Waals surface area contributed by atoms with E-state index in [0.29, 0.717) is 0 Å². The van der Waals surface area contributed by atoms with Crippen LogP contribution in [0.3, 0.4) is 0 Å². The van der Waals surface area contributed by atoms with E-state index in [4.69, 9.17) is 4.74 Å². The molecule has 1 aliphatic heterocycles. The summed E-state index contributed by atoms with van der Waals surface area (Å²) in [5.74, 6) is 0.764. The largest absolute Gasteiger partial charge is 0.375 e. The zero-order valence-electron chi connectivity index (χ0n) is 9.71. The Balaban J connectivity index is 1.94. The molecule has 0 saturated carbocycles. The highest BCUT2D eigenvalue weighted by Gasteiger charge is 2.19. The van der Waals surface area contributed by atoms with Crippen LogP contribution in [0.1, 0.15) is 6.92 Å². The highest BCUT2D eigenvalue weighted by Crippen LogP contribution is 2.15. The lowest BCUT2D eigenvalue weighted by atomic mass is 10.3. The Bertz CT molecular complexity index is 531. The summed E-state index contributed by atoms with van der Waals surface area (Å²) in [6, 6.07) is 3.85. The summed E-state index contributed by atoms with van der Waals surface area (Å²) in [5, 5.41) is 0. The van der Waals surface area contributed by atoms with Gasteiger partial charge in [0.1, 0.15) is 5.52 Å². The van der Waals surface area contributed by atoms with Crippen molar-refractivity contribution < 1.29 is 4.74 Å². The van der Waals surface area contributed by atoms with E-state index in [1.165, 1.54) is 0 Å². The summed E-state index contributed by atoms with van der Waals surface area (Å²) in [6.07, 6.45) is 3.76. The average molecular weight is 230 g/mol. The van der Waals surface area contributed by atoms with E-state index < -0.39 is 0 Å². The van der Waals surface area contributed by atoms with Crippen molar-refractivity contribution in [2.24, 2.45) is 0 Å². The van der Waals surface area contributed by atoms with E-state index in [9.17, 15) is 0 Å². The maximum atomic E-state index is 5.51. The van der Waals surface area contributed by atoms with Gasteiger partial charge in [0.15, 0.2) is 0 Å². The van der Waals surface area contributed by atoms with E-state index in [1.54, 1.807) is 12.4 Å². The number of pyridine rings is 1. The number of hydrogen-bond acceptors (Lipinski definition) is 5. The number of nitrogens with zero attached hydrogens (tertiary/aromatic N) is 4. The van der Waals surface area contributed by atoms with Gasteiger partial charge < -0.3 is 9.64 Å². The minimum Gasteiger partial charge on any atom is -0.375 e. The Hall–Kier alpha value is -1.75. The fraction of sp³-hybridized carbons (Fsp3) is 0.417. The molecule has 0 radical (unpaired) electrons. The summed E-state index contributed by atoms with van der Waals surface area (Å²) in [4.78, 5) is 15.3. The van der Waals surface area contributed by atoms with Crippen molar-refractivity contribution in [1.29, 1.82) is 0 Å². The standard InChI is InChI=1S/C12H14N4O/c1-9-8-16(5-6-17-9)12-14-7-11-10(15-12)3-2-4-13-11/h2-4,7,9H,5-6,8H2,1H3. The van der Waals surface area contributed by atoms with Crippen molar-refractivity contribution >= 4 is 17.0 Å². The minimum atomic E-state index is 0.233. The van der Waals surface area contributed by atoms with Gasteiger partial charge in [-0.1, -0.05) is 0 Å². The van der Waals surface area contributed by atoms with Crippen LogP contribution < -0.4 is 4.90 Å². The molecule has 0 aromatic carbocycles. The van der Waals surface area contributed by atoms with E-state index in [0.717, 1.165) is 36.7 Å². The first-order chi connectivity index (χ1) is 8.33. The zero-order valence-corrected chi connectivity index (χ0v) is 9.71. The molecule has 1 atom stereocenters. The third-order valence-corrected chi connectivity index (χ3v) is 2.86. The number of rotatable bonds is 1. The third-order valence-electron chi connectivity index (χ3n) is 2.86. The summed E-state index contributed by atoms with van der Waals surface area (Å²) < 4.78 is 5.51. The summed E-state index contributed by atoms with van der Waals surface area (Å²) >= 11 is 0. The molecule has 0 N–H and O–H groups in total. The molecule has 1 aliphatic rings.